The third-order valence-electron chi connectivity index (χ3n) is 5.92. The molecule has 1 aliphatic heterocycles. The van der Waals surface area contributed by atoms with Crippen molar-refractivity contribution in [2.75, 3.05) is 22.6 Å². The van der Waals surface area contributed by atoms with Gasteiger partial charge in [0.1, 0.15) is 11.7 Å². The second kappa shape index (κ2) is 7.69. The van der Waals surface area contributed by atoms with E-state index in [0.29, 0.717) is 29.7 Å². The van der Waals surface area contributed by atoms with Crippen LogP contribution < -0.4 is 15.5 Å². The minimum Gasteiger partial charge on any atom is -0.351 e. The summed E-state index contributed by atoms with van der Waals surface area (Å²) in [6, 6.07) is 0.834. The molecule has 2 aromatic heterocycles. The number of carbonyl (C=O) groups is 1. The number of anilines is 3. The minimum absolute atomic E-state index is 0.0634. The van der Waals surface area contributed by atoms with Crippen LogP contribution in [-0.4, -0.2) is 44.8 Å². The van der Waals surface area contributed by atoms with Crippen molar-refractivity contribution in [1.29, 1.82) is 0 Å². The van der Waals surface area contributed by atoms with Gasteiger partial charge in [-0.25, -0.2) is 4.98 Å². The maximum atomic E-state index is 12.7. The summed E-state index contributed by atoms with van der Waals surface area (Å²) in [7, 11) is 1.86. The molecule has 8 nitrogen and oxygen atoms in total. The average Bonchev–Trinajstić information content (AvgIpc) is 3.10. The van der Waals surface area contributed by atoms with Crippen LogP contribution in [0.15, 0.2) is 12.3 Å². The molecule has 2 aromatic rings. The zero-order chi connectivity index (χ0) is 22.5. The fraction of sp³-hybridized carbons (Fsp3) is 0.600. The number of carbonyl (C=O) groups excluding carboxylic acids is 1. The Labute approximate surface area is 178 Å². The van der Waals surface area contributed by atoms with E-state index in [2.05, 4.69) is 25.7 Å². The lowest BCUT2D eigenvalue weighted by Gasteiger charge is -2.38. The molecule has 0 aromatic carbocycles. The maximum absolute atomic E-state index is 12.7. The van der Waals surface area contributed by atoms with Crippen LogP contribution in [0.4, 0.5) is 30.6 Å². The van der Waals surface area contributed by atoms with E-state index in [1.807, 2.05) is 32.7 Å². The number of alkyl halides is 3. The number of fused-ring (bicyclic) bond motifs is 1. The first kappa shape index (κ1) is 21.4. The smallest absolute Gasteiger partial charge is 0.351 e. The number of rotatable bonds is 5. The van der Waals surface area contributed by atoms with Crippen LogP contribution in [0, 0.1) is 18.8 Å². The molecule has 31 heavy (non-hydrogen) atoms. The number of aryl methyl sites for hydroxylation is 1. The van der Waals surface area contributed by atoms with Gasteiger partial charge in [-0.05, 0) is 37.7 Å². The van der Waals surface area contributed by atoms with Gasteiger partial charge in [0.25, 0.3) is 0 Å². The van der Waals surface area contributed by atoms with Crippen molar-refractivity contribution >= 4 is 23.4 Å². The number of halogens is 3. The highest BCUT2D eigenvalue weighted by Crippen LogP contribution is 2.36. The molecule has 168 valence electrons. The van der Waals surface area contributed by atoms with Gasteiger partial charge in [-0.3, -0.25) is 9.48 Å². The lowest BCUT2D eigenvalue weighted by atomic mass is 9.80. The van der Waals surface area contributed by atoms with Crippen LogP contribution in [-0.2, 0) is 17.5 Å². The van der Waals surface area contributed by atoms with Crippen LogP contribution in [0.2, 0.25) is 0 Å². The molecule has 1 unspecified atom stereocenters. The predicted octanol–water partition coefficient (Wildman–Crippen LogP) is 3.30. The summed E-state index contributed by atoms with van der Waals surface area (Å²) in [5.74, 6) is 1.47. The molecule has 0 radical (unpaired) electrons. The average molecular weight is 437 g/mol. The Balaban J connectivity index is 1.39. The summed E-state index contributed by atoms with van der Waals surface area (Å²) in [6.07, 6.45) is -1.46. The molecule has 0 saturated heterocycles. The summed E-state index contributed by atoms with van der Waals surface area (Å²) in [5.41, 5.74) is 0.443. The van der Waals surface area contributed by atoms with Gasteiger partial charge in [0.05, 0.1) is 5.69 Å². The molecule has 1 saturated carbocycles. The zero-order valence-corrected chi connectivity index (χ0v) is 17.9. The Bertz CT molecular complexity index is 982. The largest absolute Gasteiger partial charge is 0.435 e. The Morgan fingerprint density at radius 3 is 2.61 bits per heavy atom. The van der Waals surface area contributed by atoms with E-state index in [1.54, 1.807) is 0 Å². The lowest BCUT2D eigenvalue weighted by molar-refractivity contribution is -0.141. The summed E-state index contributed by atoms with van der Waals surface area (Å²) in [5, 5.41) is 9.86. The molecule has 2 aliphatic rings. The standard InChI is InChI=1S/C20H26F3N7O/c1-10(2)16-18(31)26-15-11(3)24-19(27-17(15)29(16)4)25-13-7-12(8-13)9-30-6-5-14(28-30)20(21,22)23/h5-6,10,12-13,16H,7-9H2,1-4H3,(H,26,31)(H,24,25,27). The fourth-order valence-corrected chi connectivity index (χ4v) is 4.34. The molecule has 3 heterocycles. The number of aromatic nitrogens is 4. The maximum Gasteiger partial charge on any atom is 0.435 e. The molecule has 1 amide bonds. The van der Waals surface area contributed by atoms with Crippen LogP contribution >= 0.6 is 0 Å². The monoisotopic (exact) mass is 437 g/mol. The summed E-state index contributed by atoms with van der Waals surface area (Å²) < 4.78 is 39.4. The van der Waals surface area contributed by atoms with Crippen LogP contribution in [0.25, 0.3) is 0 Å². The quantitative estimate of drug-likeness (QED) is 0.746. The highest BCUT2D eigenvalue weighted by atomic mass is 19.4. The van der Waals surface area contributed by atoms with E-state index in [-0.39, 0.29) is 29.8 Å². The SMILES string of the molecule is Cc1nc(NC2CC(Cn3ccc(C(F)(F)F)n3)C2)nc2c1NC(=O)C(C(C)C)N2C. The Kier molecular flexibility index (Phi) is 5.30. The number of likely N-dealkylation sites (N-methyl/N-ethyl adjacent to an activating group) is 1. The van der Waals surface area contributed by atoms with Crippen LogP contribution in [0.5, 0.6) is 0 Å². The molecule has 0 bridgehead atoms. The van der Waals surface area contributed by atoms with Gasteiger partial charge in [0, 0.05) is 25.8 Å². The van der Waals surface area contributed by atoms with Crippen molar-refractivity contribution in [3.8, 4) is 0 Å². The first-order valence-electron chi connectivity index (χ1n) is 10.3. The van der Waals surface area contributed by atoms with E-state index in [9.17, 15) is 18.0 Å². The van der Waals surface area contributed by atoms with Crippen molar-refractivity contribution in [2.24, 2.45) is 11.8 Å². The number of hydrogen-bond acceptors (Lipinski definition) is 6. The molecule has 4 rings (SSSR count). The highest BCUT2D eigenvalue weighted by molar-refractivity contribution is 6.03. The highest BCUT2D eigenvalue weighted by Gasteiger charge is 2.37. The molecule has 11 heteroatoms. The first-order chi connectivity index (χ1) is 14.5. The molecule has 1 fully saturated rings. The second-order valence-electron chi connectivity index (χ2n) is 8.72. The Morgan fingerprint density at radius 1 is 1.29 bits per heavy atom. The molecule has 1 aliphatic carbocycles. The van der Waals surface area contributed by atoms with Gasteiger partial charge >= 0.3 is 6.18 Å². The lowest BCUT2D eigenvalue weighted by Crippen LogP contribution is -2.50. The molecular weight excluding hydrogens is 411 g/mol. The molecule has 1 atom stereocenters. The minimum atomic E-state index is -4.42. The summed E-state index contributed by atoms with van der Waals surface area (Å²) >= 11 is 0. The van der Waals surface area contributed by atoms with Gasteiger partial charge < -0.3 is 15.5 Å². The molecular formula is C20H26F3N7O. The van der Waals surface area contributed by atoms with Crippen molar-refractivity contribution in [3.63, 3.8) is 0 Å². The first-order valence-corrected chi connectivity index (χ1v) is 10.3. The van der Waals surface area contributed by atoms with E-state index >= 15 is 0 Å². The van der Waals surface area contributed by atoms with Gasteiger partial charge in [-0.15, -0.1) is 0 Å². The van der Waals surface area contributed by atoms with E-state index < -0.39 is 11.9 Å². The third kappa shape index (κ3) is 4.17. The predicted molar refractivity (Wildman–Crippen MR) is 110 cm³/mol. The van der Waals surface area contributed by atoms with Gasteiger partial charge in [-0.2, -0.15) is 23.3 Å². The number of nitrogens with one attached hydrogen (secondary N) is 2. The van der Waals surface area contributed by atoms with E-state index in [4.69, 9.17) is 0 Å². The van der Waals surface area contributed by atoms with Crippen molar-refractivity contribution in [1.82, 2.24) is 19.7 Å². The topological polar surface area (TPSA) is 88.0 Å². The van der Waals surface area contributed by atoms with Gasteiger partial charge in [-0.1, -0.05) is 13.8 Å². The summed E-state index contributed by atoms with van der Waals surface area (Å²) in [4.78, 5) is 23.4. The second-order valence-corrected chi connectivity index (χ2v) is 8.72. The molecule has 0 spiro atoms. The zero-order valence-electron chi connectivity index (χ0n) is 17.9. The van der Waals surface area contributed by atoms with E-state index in [1.165, 1.54) is 10.9 Å². The Hall–Kier alpha value is -2.85. The summed E-state index contributed by atoms with van der Waals surface area (Å²) in [6.45, 7) is 6.26. The van der Waals surface area contributed by atoms with Gasteiger partial charge in [0.2, 0.25) is 11.9 Å². The van der Waals surface area contributed by atoms with Crippen molar-refractivity contribution in [3.05, 3.63) is 23.7 Å². The number of hydrogen-bond donors (Lipinski definition) is 2. The van der Waals surface area contributed by atoms with E-state index in [0.717, 1.165) is 18.9 Å². The van der Waals surface area contributed by atoms with Crippen molar-refractivity contribution < 1.29 is 18.0 Å². The fourth-order valence-electron chi connectivity index (χ4n) is 4.34. The van der Waals surface area contributed by atoms with Crippen LogP contribution in [0.3, 0.4) is 0 Å². The molecule has 2 N–H and O–H groups in total. The number of nitrogens with zero attached hydrogens (tertiary/aromatic N) is 5. The number of amides is 1. The van der Waals surface area contributed by atoms with Crippen LogP contribution in [0.1, 0.15) is 38.1 Å². The normalized spacial score (nSPS) is 23.4. The third-order valence-corrected chi connectivity index (χ3v) is 5.92. The Morgan fingerprint density at radius 2 is 2.00 bits per heavy atom. The van der Waals surface area contributed by atoms with Crippen molar-refractivity contribution in [2.45, 2.75) is 58.4 Å². The van der Waals surface area contributed by atoms with Gasteiger partial charge in [0.15, 0.2) is 11.5 Å².